The Labute approximate surface area is 137 Å². The van der Waals surface area contributed by atoms with E-state index < -0.39 is 0 Å². The van der Waals surface area contributed by atoms with Crippen molar-refractivity contribution >= 4 is 28.5 Å². The van der Waals surface area contributed by atoms with E-state index in [9.17, 15) is 4.79 Å². The lowest BCUT2D eigenvalue weighted by molar-refractivity contribution is 0.0745. The smallest absolute Gasteiger partial charge is 0.255 e. The molecule has 0 spiro atoms. The Hall–Kier alpha value is -1.94. The van der Waals surface area contributed by atoms with Crippen molar-refractivity contribution in [2.45, 2.75) is 13.0 Å². The van der Waals surface area contributed by atoms with Crippen LogP contribution in [0.1, 0.15) is 22.3 Å². The van der Waals surface area contributed by atoms with Crippen LogP contribution in [-0.4, -0.2) is 22.3 Å². The maximum atomic E-state index is 12.7. The molecule has 21 heavy (non-hydrogen) atoms. The molecule has 0 saturated heterocycles. The van der Waals surface area contributed by atoms with Crippen LogP contribution in [0.5, 0.6) is 0 Å². The maximum absolute atomic E-state index is 12.7. The van der Waals surface area contributed by atoms with Gasteiger partial charge < -0.3 is 4.90 Å². The minimum atomic E-state index is -0.0564. The van der Waals surface area contributed by atoms with Crippen molar-refractivity contribution in [1.82, 2.24) is 9.88 Å². The molecule has 0 aliphatic rings. The van der Waals surface area contributed by atoms with Crippen molar-refractivity contribution in [1.29, 1.82) is 5.26 Å². The molecule has 0 unspecified atom stereocenters. The molecule has 0 saturated carbocycles. The molecule has 0 radical (unpaired) electrons. The summed E-state index contributed by atoms with van der Waals surface area (Å²) in [4.78, 5) is 18.4. The molecule has 0 atom stereocenters. The van der Waals surface area contributed by atoms with Gasteiger partial charge in [-0.3, -0.25) is 9.78 Å². The number of nitriles is 1. The van der Waals surface area contributed by atoms with E-state index >= 15 is 0 Å². The lowest BCUT2D eigenvalue weighted by Gasteiger charge is -2.22. The molecule has 0 N–H and O–H groups in total. The summed E-state index contributed by atoms with van der Waals surface area (Å²) in [5.74, 6) is -0.0564. The molecule has 0 aliphatic carbocycles. The molecule has 1 amide bonds. The monoisotopic (exact) mass is 391 g/mol. The fourth-order valence-electron chi connectivity index (χ4n) is 1.95. The molecule has 106 valence electrons. The van der Waals surface area contributed by atoms with Gasteiger partial charge in [-0.2, -0.15) is 5.26 Å². The number of carbonyl (C=O) groups is 1. The van der Waals surface area contributed by atoms with Crippen LogP contribution in [0.2, 0.25) is 0 Å². The van der Waals surface area contributed by atoms with E-state index in [2.05, 4.69) is 33.6 Å². The van der Waals surface area contributed by atoms with Gasteiger partial charge in [-0.15, -0.1) is 0 Å². The number of nitrogens with zero attached hydrogens (tertiary/aromatic N) is 3. The second kappa shape index (κ2) is 7.74. The Morgan fingerprint density at radius 2 is 2.10 bits per heavy atom. The Kier molecular flexibility index (Phi) is 5.69. The van der Waals surface area contributed by atoms with Crippen LogP contribution in [0.3, 0.4) is 0 Å². The number of amides is 1. The van der Waals surface area contributed by atoms with Crippen molar-refractivity contribution in [2.24, 2.45) is 0 Å². The minimum Gasteiger partial charge on any atom is -0.333 e. The highest BCUT2D eigenvalue weighted by Gasteiger charge is 2.18. The highest BCUT2D eigenvalue weighted by molar-refractivity contribution is 14.1. The summed E-state index contributed by atoms with van der Waals surface area (Å²) in [6.45, 7) is 0.870. The quantitative estimate of drug-likeness (QED) is 0.736. The van der Waals surface area contributed by atoms with Gasteiger partial charge in [-0.05, 0) is 46.4 Å². The average Bonchev–Trinajstić information content (AvgIpc) is 2.52. The Balaban J connectivity index is 2.21. The number of aromatic nitrogens is 1. The van der Waals surface area contributed by atoms with Gasteiger partial charge >= 0.3 is 0 Å². The third kappa shape index (κ3) is 4.26. The predicted octanol–water partition coefficient (Wildman–Crippen LogP) is 3.24. The SMILES string of the molecule is N#CCCN(Cc1cccnc1)C(=O)c1ccccc1I. The Morgan fingerprint density at radius 1 is 1.29 bits per heavy atom. The van der Waals surface area contributed by atoms with E-state index in [1.165, 1.54) is 0 Å². The maximum Gasteiger partial charge on any atom is 0.255 e. The van der Waals surface area contributed by atoms with Gasteiger partial charge in [0.2, 0.25) is 0 Å². The van der Waals surface area contributed by atoms with Crippen molar-refractivity contribution in [3.05, 3.63) is 63.5 Å². The number of benzene rings is 1. The van der Waals surface area contributed by atoms with E-state index in [1.54, 1.807) is 17.3 Å². The lowest BCUT2D eigenvalue weighted by atomic mass is 10.1. The Morgan fingerprint density at radius 3 is 2.76 bits per heavy atom. The summed E-state index contributed by atoms with van der Waals surface area (Å²) < 4.78 is 0.910. The summed E-state index contributed by atoms with van der Waals surface area (Å²) in [7, 11) is 0. The zero-order chi connectivity index (χ0) is 15.1. The molecule has 0 aliphatic heterocycles. The largest absolute Gasteiger partial charge is 0.333 e. The number of carbonyl (C=O) groups excluding carboxylic acids is 1. The molecule has 4 nitrogen and oxygen atoms in total. The zero-order valence-electron chi connectivity index (χ0n) is 11.4. The first-order chi connectivity index (χ1) is 10.2. The van der Waals surface area contributed by atoms with Gasteiger partial charge in [0.05, 0.1) is 18.1 Å². The van der Waals surface area contributed by atoms with Crippen molar-refractivity contribution in [3.8, 4) is 6.07 Å². The summed E-state index contributed by atoms with van der Waals surface area (Å²) in [5, 5.41) is 8.79. The van der Waals surface area contributed by atoms with Crippen LogP contribution in [0.15, 0.2) is 48.8 Å². The molecule has 5 heteroatoms. The van der Waals surface area contributed by atoms with Crippen molar-refractivity contribution in [2.75, 3.05) is 6.54 Å². The molecular formula is C16H14IN3O. The molecule has 0 bridgehead atoms. The average molecular weight is 391 g/mol. The third-order valence-electron chi connectivity index (χ3n) is 2.98. The second-order valence-corrected chi connectivity index (χ2v) is 5.64. The zero-order valence-corrected chi connectivity index (χ0v) is 13.5. The first kappa shape index (κ1) is 15.4. The third-order valence-corrected chi connectivity index (χ3v) is 3.92. The summed E-state index contributed by atoms with van der Waals surface area (Å²) in [6.07, 6.45) is 3.75. The molecule has 0 fully saturated rings. The van der Waals surface area contributed by atoms with Gasteiger partial charge in [0.25, 0.3) is 5.91 Å². The van der Waals surface area contributed by atoms with Crippen LogP contribution in [-0.2, 0) is 6.54 Å². The van der Waals surface area contributed by atoms with E-state index in [-0.39, 0.29) is 5.91 Å². The van der Waals surface area contributed by atoms with Crippen molar-refractivity contribution < 1.29 is 4.79 Å². The normalized spacial score (nSPS) is 9.90. The summed E-state index contributed by atoms with van der Waals surface area (Å²) >= 11 is 2.15. The van der Waals surface area contributed by atoms with Crippen molar-refractivity contribution in [3.63, 3.8) is 0 Å². The first-order valence-electron chi connectivity index (χ1n) is 6.52. The number of pyridine rings is 1. The minimum absolute atomic E-state index is 0.0564. The number of rotatable bonds is 5. The topological polar surface area (TPSA) is 57.0 Å². The summed E-state index contributed by atoms with van der Waals surface area (Å²) in [6, 6.07) is 13.3. The van der Waals surface area contributed by atoms with E-state index in [0.29, 0.717) is 25.1 Å². The van der Waals surface area contributed by atoms with Crippen LogP contribution in [0.4, 0.5) is 0 Å². The first-order valence-corrected chi connectivity index (χ1v) is 7.60. The second-order valence-electron chi connectivity index (χ2n) is 4.48. The van der Waals surface area contributed by atoms with E-state index in [4.69, 9.17) is 5.26 Å². The molecule has 2 rings (SSSR count). The van der Waals surface area contributed by atoms with Gasteiger partial charge in [-0.1, -0.05) is 18.2 Å². The van der Waals surface area contributed by atoms with E-state index in [0.717, 1.165) is 9.13 Å². The fraction of sp³-hybridized carbons (Fsp3) is 0.188. The molecule has 1 heterocycles. The number of hydrogen-bond acceptors (Lipinski definition) is 3. The standard InChI is InChI=1S/C16H14IN3O/c17-15-7-2-1-6-14(15)16(21)20(10-4-8-18)12-13-5-3-9-19-11-13/h1-3,5-7,9,11H,4,10,12H2. The number of halogens is 1. The van der Waals surface area contributed by atoms with Gasteiger partial charge in [0, 0.05) is 29.1 Å². The van der Waals surface area contributed by atoms with Gasteiger partial charge in [0.1, 0.15) is 0 Å². The van der Waals surface area contributed by atoms with E-state index in [1.807, 2.05) is 36.4 Å². The highest BCUT2D eigenvalue weighted by atomic mass is 127. The molecular weight excluding hydrogens is 377 g/mol. The molecule has 1 aromatic heterocycles. The highest BCUT2D eigenvalue weighted by Crippen LogP contribution is 2.16. The fourth-order valence-corrected chi connectivity index (χ4v) is 2.57. The summed E-state index contributed by atoms with van der Waals surface area (Å²) in [5.41, 5.74) is 1.62. The molecule has 2 aromatic rings. The van der Waals surface area contributed by atoms with Crippen LogP contribution in [0, 0.1) is 14.9 Å². The number of hydrogen-bond donors (Lipinski definition) is 0. The lowest BCUT2D eigenvalue weighted by Crippen LogP contribution is -2.32. The molecule has 1 aromatic carbocycles. The predicted molar refractivity (Wildman–Crippen MR) is 88.4 cm³/mol. The van der Waals surface area contributed by atoms with Gasteiger partial charge in [0.15, 0.2) is 0 Å². The van der Waals surface area contributed by atoms with Crippen LogP contribution in [0.25, 0.3) is 0 Å². The Bertz CT molecular complexity index is 652. The van der Waals surface area contributed by atoms with Gasteiger partial charge in [-0.25, -0.2) is 0 Å². The van der Waals surface area contributed by atoms with Crippen LogP contribution < -0.4 is 0 Å². The van der Waals surface area contributed by atoms with Crippen LogP contribution >= 0.6 is 22.6 Å².